The van der Waals surface area contributed by atoms with Crippen LogP contribution in [0.1, 0.15) is 18.1 Å². The molecule has 1 heterocycles. The summed E-state index contributed by atoms with van der Waals surface area (Å²) in [5.74, 6) is 0.962. The Morgan fingerprint density at radius 2 is 1.82 bits per heavy atom. The Hall–Kier alpha value is -3.54. The number of fused-ring (bicyclic) bond motifs is 1. The van der Waals surface area contributed by atoms with Crippen molar-refractivity contribution in [1.29, 1.82) is 0 Å². The highest BCUT2D eigenvalue weighted by molar-refractivity contribution is 5.90. The van der Waals surface area contributed by atoms with Gasteiger partial charge in [-0.25, -0.2) is 9.59 Å². The highest BCUT2D eigenvalue weighted by atomic mass is 16.5. The molecule has 6 heteroatoms. The van der Waals surface area contributed by atoms with Crippen LogP contribution < -0.4 is 19.8 Å². The van der Waals surface area contributed by atoms with Gasteiger partial charge in [0.1, 0.15) is 22.8 Å². The van der Waals surface area contributed by atoms with E-state index < -0.39 is 11.6 Å². The molecule has 1 aromatic heterocycles. The number of methoxy groups -OCH3 is 2. The molecule has 0 unspecified atom stereocenters. The van der Waals surface area contributed by atoms with Crippen LogP contribution in [0, 0.1) is 0 Å². The van der Waals surface area contributed by atoms with Crippen LogP contribution in [0.2, 0.25) is 0 Å². The quantitative estimate of drug-likeness (QED) is 0.279. The van der Waals surface area contributed by atoms with Crippen molar-refractivity contribution in [3.63, 3.8) is 0 Å². The van der Waals surface area contributed by atoms with Gasteiger partial charge in [-0.05, 0) is 48.4 Å². The van der Waals surface area contributed by atoms with Crippen molar-refractivity contribution in [3.05, 3.63) is 70.1 Å². The highest BCUT2D eigenvalue weighted by Crippen LogP contribution is 2.26. The number of benzene rings is 2. The number of aryl methyl sites for hydroxylation is 1. The van der Waals surface area contributed by atoms with Gasteiger partial charge >= 0.3 is 11.6 Å². The molecule has 0 spiro atoms. The van der Waals surface area contributed by atoms with E-state index in [1.807, 2.05) is 6.92 Å². The second-order valence-electron chi connectivity index (χ2n) is 5.96. The normalized spacial score (nSPS) is 11.0. The largest absolute Gasteiger partial charge is 0.497 e. The molecule has 0 fully saturated rings. The molecule has 0 aliphatic carbocycles. The first-order valence-electron chi connectivity index (χ1n) is 8.72. The summed E-state index contributed by atoms with van der Waals surface area (Å²) in [6.07, 6.45) is 3.58. The Morgan fingerprint density at radius 1 is 1.04 bits per heavy atom. The smallest absolute Gasteiger partial charge is 0.336 e. The first-order chi connectivity index (χ1) is 13.5. The lowest BCUT2D eigenvalue weighted by atomic mass is 10.1. The van der Waals surface area contributed by atoms with Gasteiger partial charge in [0.15, 0.2) is 0 Å². The molecule has 3 rings (SSSR count). The summed E-state index contributed by atoms with van der Waals surface area (Å²) in [4.78, 5) is 23.9. The van der Waals surface area contributed by atoms with Crippen LogP contribution in [0.5, 0.6) is 17.2 Å². The highest BCUT2D eigenvalue weighted by Gasteiger charge is 2.08. The molecule has 0 bridgehead atoms. The molecule has 0 aliphatic rings. The summed E-state index contributed by atoms with van der Waals surface area (Å²) >= 11 is 0. The van der Waals surface area contributed by atoms with Crippen molar-refractivity contribution in [3.8, 4) is 17.2 Å². The summed E-state index contributed by atoms with van der Waals surface area (Å²) in [5, 5.41) is 0.818. The molecule has 2 aromatic carbocycles. The molecule has 0 N–H and O–H groups in total. The van der Waals surface area contributed by atoms with Crippen LogP contribution >= 0.6 is 0 Å². The van der Waals surface area contributed by atoms with E-state index in [-0.39, 0.29) is 5.75 Å². The van der Waals surface area contributed by atoms with E-state index in [0.717, 1.165) is 10.9 Å². The zero-order chi connectivity index (χ0) is 20.1. The molecule has 144 valence electrons. The number of hydrogen-bond acceptors (Lipinski definition) is 6. The van der Waals surface area contributed by atoms with Crippen molar-refractivity contribution in [2.45, 2.75) is 13.3 Å². The van der Waals surface area contributed by atoms with Gasteiger partial charge in [0, 0.05) is 29.2 Å². The number of ether oxygens (including phenoxy) is 3. The van der Waals surface area contributed by atoms with Crippen LogP contribution in [-0.4, -0.2) is 20.2 Å². The summed E-state index contributed by atoms with van der Waals surface area (Å²) in [7, 11) is 3.11. The van der Waals surface area contributed by atoms with Crippen LogP contribution in [0.3, 0.4) is 0 Å². The minimum Gasteiger partial charge on any atom is -0.497 e. The van der Waals surface area contributed by atoms with Gasteiger partial charge in [0.25, 0.3) is 0 Å². The molecular weight excluding hydrogens is 360 g/mol. The third-order valence-corrected chi connectivity index (χ3v) is 4.24. The monoisotopic (exact) mass is 380 g/mol. The second kappa shape index (κ2) is 8.43. The maximum absolute atomic E-state index is 12.2. The topological polar surface area (TPSA) is 75.0 Å². The minimum atomic E-state index is -0.571. The average Bonchev–Trinajstić information content (AvgIpc) is 2.71. The van der Waals surface area contributed by atoms with Gasteiger partial charge in [-0.3, -0.25) is 0 Å². The summed E-state index contributed by atoms with van der Waals surface area (Å²) in [5.41, 5.74) is 1.51. The second-order valence-corrected chi connectivity index (χ2v) is 5.96. The van der Waals surface area contributed by atoms with Gasteiger partial charge in [-0.1, -0.05) is 6.92 Å². The van der Waals surface area contributed by atoms with Crippen molar-refractivity contribution in [2.75, 3.05) is 14.2 Å². The predicted molar refractivity (Wildman–Crippen MR) is 106 cm³/mol. The number of carbonyl (C=O) groups excluding carboxylic acids is 1. The Labute approximate surface area is 162 Å². The first-order valence-corrected chi connectivity index (χ1v) is 8.72. The molecule has 6 nitrogen and oxygen atoms in total. The maximum Gasteiger partial charge on any atom is 0.336 e. The number of hydrogen-bond donors (Lipinski definition) is 0. The molecule has 0 saturated carbocycles. The Bertz CT molecular complexity index is 1090. The molecule has 28 heavy (non-hydrogen) atoms. The van der Waals surface area contributed by atoms with E-state index in [2.05, 4.69) is 0 Å². The van der Waals surface area contributed by atoms with Gasteiger partial charge < -0.3 is 18.6 Å². The third kappa shape index (κ3) is 4.23. The zero-order valence-electron chi connectivity index (χ0n) is 15.9. The Balaban J connectivity index is 1.82. The van der Waals surface area contributed by atoms with Crippen molar-refractivity contribution >= 4 is 23.0 Å². The predicted octanol–water partition coefficient (Wildman–Crippen LogP) is 3.99. The minimum absolute atomic E-state index is 0.288. The van der Waals surface area contributed by atoms with Gasteiger partial charge in [-0.15, -0.1) is 0 Å². The molecule has 0 saturated heterocycles. The van der Waals surface area contributed by atoms with Crippen LogP contribution in [0.25, 0.3) is 17.0 Å². The molecule has 0 aliphatic heterocycles. The molecule has 0 radical (unpaired) electrons. The van der Waals surface area contributed by atoms with Crippen LogP contribution in [-0.2, 0) is 11.2 Å². The van der Waals surface area contributed by atoms with Gasteiger partial charge in [0.05, 0.1) is 14.2 Å². The van der Waals surface area contributed by atoms with E-state index in [0.29, 0.717) is 29.1 Å². The number of carbonyl (C=O) groups is 1. The summed E-state index contributed by atoms with van der Waals surface area (Å²) < 4.78 is 21.0. The van der Waals surface area contributed by atoms with E-state index in [9.17, 15) is 9.59 Å². The Kier molecular flexibility index (Phi) is 5.79. The SMILES string of the molecule is CCc1cc(=O)oc2cc(OC(=O)/C=C/c3cc(OC)ccc3OC)ccc12. The van der Waals surface area contributed by atoms with E-state index in [1.54, 1.807) is 50.6 Å². The van der Waals surface area contributed by atoms with Crippen molar-refractivity contribution in [1.82, 2.24) is 0 Å². The average molecular weight is 380 g/mol. The fourth-order valence-electron chi connectivity index (χ4n) is 2.84. The maximum atomic E-state index is 12.2. The summed E-state index contributed by atoms with van der Waals surface area (Å²) in [6, 6.07) is 11.7. The molecule has 0 amide bonds. The fraction of sp³-hybridized carbons (Fsp3) is 0.182. The third-order valence-electron chi connectivity index (χ3n) is 4.24. The molecule has 0 atom stereocenters. The number of esters is 1. The lowest BCUT2D eigenvalue weighted by Crippen LogP contribution is -2.04. The zero-order valence-corrected chi connectivity index (χ0v) is 15.9. The molecular formula is C22H20O6. The summed E-state index contributed by atoms with van der Waals surface area (Å²) in [6.45, 7) is 1.96. The van der Waals surface area contributed by atoms with Crippen molar-refractivity contribution < 1.29 is 23.4 Å². The van der Waals surface area contributed by atoms with E-state index in [1.165, 1.54) is 18.2 Å². The van der Waals surface area contributed by atoms with Crippen LogP contribution in [0.15, 0.2) is 57.8 Å². The Morgan fingerprint density at radius 3 is 2.54 bits per heavy atom. The first kappa shape index (κ1) is 19.2. The van der Waals surface area contributed by atoms with E-state index in [4.69, 9.17) is 18.6 Å². The van der Waals surface area contributed by atoms with Gasteiger partial charge in [0.2, 0.25) is 0 Å². The lowest BCUT2D eigenvalue weighted by molar-refractivity contribution is -0.128. The van der Waals surface area contributed by atoms with Crippen LogP contribution in [0.4, 0.5) is 0 Å². The fourth-order valence-corrected chi connectivity index (χ4v) is 2.84. The lowest BCUT2D eigenvalue weighted by Gasteiger charge is -2.07. The van der Waals surface area contributed by atoms with Gasteiger partial charge in [-0.2, -0.15) is 0 Å². The number of rotatable bonds is 6. The van der Waals surface area contributed by atoms with E-state index >= 15 is 0 Å². The van der Waals surface area contributed by atoms with Crippen molar-refractivity contribution in [2.24, 2.45) is 0 Å². The molecule has 3 aromatic rings. The standard InChI is InChI=1S/C22H20O6/c1-4-14-12-22(24)28-20-13-17(6-8-18(14)20)27-21(23)10-5-15-11-16(25-2)7-9-19(15)26-3/h5-13H,4H2,1-3H3/b10-5+.